The molecule has 1 atom stereocenters. The van der Waals surface area contributed by atoms with Gasteiger partial charge in [0.2, 0.25) is 0 Å². The third-order valence-corrected chi connectivity index (χ3v) is 4.07. The van der Waals surface area contributed by atoms with Gasteiger partial charge < -0.3 is 20.3 Å². The van der Waals surface area contributed by atoms with E-state index in [1.807, 2.05) is 0 Å². The molecule has 5 nitrogen and oxygen atoms in total. The van der Waals surface area contributed by atoms with Crippen molar-refractivity contribution in [2.24, 2.45) is 4.99 Å². The number of halogens is 2. The topological polar surface area (TPSA) is 48.9 Å². The summed E-state index contributed by atoms with van der Waals surface area (Å²) in [5.74, 6) is 1.01. The van der Waals surface area contributed by atoms with Crippen LogP contribution < -0.4 is 15.4 Å². The summed E-state index contributed by atoms with van der Waals surface area (Å²) in [5, 5.41) is 6.61. The summed E-state index contributed by atoms with van der Waals surface area (Å²) in [6, 6.07) is 6.52. The maximum atomic E-state index is 13.1. The van der Waals surface area contributed by atoms with Gasteiger partial charge in [-0.2, -0.15) is 0 Å². The molecule has 0 bridgehead atoms. The van der Waals surface area contributed by atoms with Gasteiger partial charge in [0.05, 0.1) is 6.54 Å². The molecule has 0 aromatic heterocycles. The van der Waals surface area contributed by atoms with Crippen molar-refractivity contribution in [1.82, 2.24) is 15.5 Å². The van der Waals surface area contributed by atoms with Gasteiger partial charge in [0, 0.05) is 19.2 Å². The Balaban J connectivity index is 0.00000625. The molecule has 150 valence electrons. The molecule has 0 aliphatic carbocycles. The van der Waals surface area contributed by atoms with Crippen molar-refractivity contribution in [3.63, 3.8) is 0 Å². The monoisotopic (exact) mass is 480 g/mol. The summed E-state index contributed by atoms with van der Waals surface area (Å²) in [5.41, 5.74) is 0. The van der Waals surface area contributed by atoms with Crippen LogP contribution in [0.5, 0.6) is 5.75 Å². The number of hydrogen-bond donors (Lipinski definition) is 2. The van der Waals surface area contributed by atoms with E-state index < -0.39 is 0 Å². The Morgan fingerprint density at radius 3 is 2.65 bits per heavy atom. The fourth-order valence-electron chi connectivity index (χ4n) is 2.56. The van der Waals surface area contributed by atoms with Gasteiger partial charge in [-0.05, 0) is 51.5 Å². The number of aliphatic imine (C=N–C) groups is 1. The molecule has 7 heteroatoms. The first-order valence-corrected chi connectivity index (χ1v) is 9.16. The van der Waals surface area contributed by atoms with E-state index in [1.54, 1.807) is 19.2 Å². The minimum absolute atomic E-state index is 0. The number of ether oxygens (including phenoxy) is 1. The van der Waals surface area contributed by atoms with Crippen LogP contribution in [0.1, 0.15) is 33.6 Å². The largest absolute Gasteiger partial charge is 0.492 e. The zero-order valence-electron chi connectivity index (χ0n) is 16.4. The summed E-state index contributed by atoms with van der Waals surface area (Å²) >= 11 is 0. The molecule has 0 saturated heterocycles. The van der Waals surface area contributed by atoms with Gasteiger partial charge in [0.25, 0.3) is 0 Å². The number of guanidine groups is 1. The first kappa shape index (κ1) is 24.9. The highest BCUT2D eigenvalue weighted by atomic mass is 127. The average Bonchev–Trinajstić information content (AvgIpc) is 2.61. The molecule has 0 spiro atoms. The van der Waals surface area contributed by atoms with Crippen LogP contribution in [0.4, 0.5) is 4.39 Å². The summed E-state index contributed by atoms with van der Waals surface area (Å²) in [7, 11) is 1.76. The Kier molecular flexibility index (Phi) is 14.4. The third kappa shape index (κ3) is 10.8. The number of hydrogen-bond acceptors (Lipinski definition) is 3. The van der Waals surface area contributed by atoms with Crippen LogP contribution in [-0.2, 0) is 0 Å². The predicted molar refractivity (Wildman–Crippen MR) is 118 cm³/mol. The molecule has 0 aliphatic rings. The molecule has 1 aromatic carbocycles. The maximum absolute atomic E-state index is 13.1. The van der Waals surface area contributed by atoms with E-state index in [0.717, 1.165) is 38.4 Å². The summed E-state index contributed by atoms with van der Waals surface area (Å²) in [6.45, 7) is 10.9. The number of benzene rings is 1. The van der Waals surface area contributed by atoms with Crippen molar-refractivity contribution in [3.8, 4) is 5.75 Å². The minimum atomic E-state index is -0.290. The summed E-state index contributed by atoms with van der Waals surface area (Å²) in [6.07, 6.45) is 2.26. The van der Waals surface area contributed by atoms with Crippen LogP contribution in [0.15, 0.2) is 29.3 Å². The van der Waals surface area contributed by atoms with E-state index in [1.165, 1.54) is 12.1 Å². The smallest absolute Gasteiger partial charge is 0.191 e. The molecule has 0 heterocycles. The van der Waals surface area contributed by atoms with Gasteiger partial charge in [-0.3, -0.25) is 4.99 Å². The Bertz CT molecular complexity index is 512. The second kappa shape index (κ2) is 15.0. The zero-order valence-corrected chi connectivity index (χ0v) is 18.8. The lowest BCUT2D eigenvalue weighted by molar-refractivity contribution is 0.292. The lowest BCUT2D eigenvalue weighted by Gasteiger charge is -2.21. The van der Waals surface area contributed by atoms with Crippen LogP contribution >= 0.6 is 24.0 Å². The van der Waals surface area contributed by atoms with Gasteiger partial charge in [0.1, 0.15) is 18.2 Å². The van der Waals surface area contributed by atoms with E-state index in [0.29, 0.717) is 24.9 Å². The fourth-order valence-corrected chi connectivity index (χ4v) is 2.56. The standard InChI is InChI=1S/C19H33FN4O.HI/c1-5-24(6-2)13-8-9-16(3)23-19(21-4)22-12-14-25-18-11-7-10-17(20)15-18;/h7,10-11,15-16H,5-6,8-9,12-14H2,1-4H3,(H2,21,22,23);1H. The van der Waals surface area contributed by atoms with Gasteiger partial charge in [-0.15, -0.1) is 24.0 Å². The van der Waals surface area contributed by atoms with E-state index in [4.69, 9.17) is 4.74 Å². The molecule has 1 unspecified atom stereocenters. The van der Waals surface area contributed by atoms with Crippen molar-refractivity contribution in [1.29, 1.82) is 0 Å². The normalized spacial score (nSPS) is 12.5. The van der Waals surface area contributed by atoms with E-state index >= 15 is 0 Å². The SMILES string of the molecule is CCN(CC)CCCC(C)NC(=NC)NCCOc1cccc(F)c1.I. The minimum Gasteiger partial charge on any atom is -0.492 e. The molecule has 2 N–H and O–H groups in total. The number of nitrogens with zero attached hydrogens (tertiary/aromatic N) is 2. The van der Waals surface area contributed by atoms with E-state index in [9.17, 15) is 4.39 Å². The third-order valence-electron chi connectivity index (χ3n) is 4.07. The average molecular weight is 480 g/mol. The van der Waals surface area contributed by atoms with Crippen LogP contribution in [0.2, 0.25) is 0 Å². The highest BCUT2D eigenvalue weighted by molar-refractivity contribution is 14.0. The fraction of sp³-hybridized carbons (Fsp3) is 0.632. The van der Waals surface area contributed by atoms with Crippen molar-refractivity contribution < 1.29 is 9.13 Å². The molecular formula is C19H34FIN4O. The molecule has 0 radical (unpaired) electrons. The lowest BCUT2D eigenvalue weighted by atomic mass is 10.2. The highest BCUT2D eigenvalue weighted by Gasteiger charge is 2.06. The Morgan fingerprint density at radius 2 is 2.04 bits per heavy atom. The second-order valence-corrected chi connectivity index (χ2v) is 6.02. The Hall–Kier alpha value is -1.09. The molecule has 1 rings (SSSR count). The van der Waals surface area contributed by atoms with Crippen LogP contribution in [0.25, 0.3) is 0 Å². The molecule has 0 saturated carbocycles. The van der Waals surface area contributed by atoms with Crippen LogP contribution in [-0.4, -0.2) is 56.7 Å². The summed E-state index contributed by atoms with van der Waals surface area (Å²) < 4.78 is 18.6. The van der Waals surface area contributed by atoms with Crippen molar-refractivity contribution in [3.05, 3.63) is 30.1 Å². The van der Waals surface area contributed by atoms with Gasteiger partial charge >= 0.3 is 0 Å². The molecule has 0 fully saturated rings. The number of nitrogens with one attached hydrogen (secondary N) is 2. The van der Waals surface area contributed by atoms with Crippen molar-refractivity contribution in [2.45, 2.75) is 39.7 Å². The highest BCUT2D eigenvalue weighted by Crippen LogP contribution is 2.11. The van der Waals surface area contributed by atoms with E-state index in [-0.39, 0.29) is 29.8 Å². The Morgan fingerprint density at radius 1 is 1.31 bits per heavy atom. The first-order chi connectivity index (χ1) is 12.1. The van der Waals surface area contributed by atoms with Gasteiger partial charge in [-0.25, -0.2) is 4.39 Å². The molecule has 26 heavy (non-hydrogen) atoms. The van der Waals surface area contributed by atoms with Crippen molar-refractivity contribution in [2.75, 3.05) is 39.8 Å². The van der Waals surface area contributed by atoms with Gasteiger partial charge in [0.15, 0.2) is 5.96 Å². The quantitative estimate of drug-likeness (QED) is 0.220. The second-order valence-electron chi connectivity index (χ2n) is 6.02. The zero-order chi connectivity index (χ0) is 18.5. The summed E-state index contributed by atoms with van der Waals surface area (Å²) in [4.78, 5) is 6.66. The van der Waals surface area contributed by atoms with Gasteiger partial charge in [-0.1, -0.05) is 19.9 Å². The van der Waals surface area contributed by atoms with E-state index in [2.05, 4.69) is 41.3 Å². The predicted octanol–water partition coefficient (Wildman–Crippen LogP) is 3.50. The Labute approximate surface area is 174 Å². The number of rotatable bonds is 11. The van der Waals surface area contributed by atoms with Crippen LogP contribution in [0.3, 0.4) is 0 Å². The van der Waals surface area contributed by atoms with Crippen LogP contribution in [0, 0.1) is 5.82 Å². The van der Waals surface area contributed by atoms with Crippen molar-refractivity contribution >= 4 is 29.9 Å². The molecular weight excluding hydrogens is 446 g/mol. The molecule has 0 aliphatic heterocycles. The molecule has 0 amide bonds. The maximum Gasteiger partial charge on any atom is 0.191 e. The first-order valence-electron chi connectivity index (χ1n) is 9.16. The molecule has 1 aromatic rings. The lowest BCUT2D eigenvalue weighted by Crippen LogP contribution is -2.43.